The zero-order valence-electron chi connectivity index (χ0n) is 22.2. The number of aliphatic hydroxyl groups excluding tert-OH is 1. The maximum atomic E-state index is 15.0. The second-order valence-corrected chi connectivity index (χ2v) is 10.2. The number of anilines is 2. The zero-order valence-corrected chi connectivity index (χ0v) is 22.2. The molecule has 2 unspecified atom stereocenters. The number of pyridine rings is 1. The zero-order chi connectivity index (χ0) is 27.1. The van der Waals surface area contributed by atoms with Crippen LogP contribution in [0.15, 0.2) is 36.7 Å². The SMILES string of the molecule is Cc1nc2c(F)cc(-c3nc(Nc4ccc(C(O)N5CCC(N(C)C)C5)cn4)ncc3F)cc2n1C(C)C. The molecule has 38 heavy (non-hydrogen) atoms. The minimum absolute atomic E-state index is 0.0334. The molecule has 1 aliphatic rings. The summed E-state index contributed by atoms with van der Waals surface area (Å²) >= 11 is 0. The Kier molecular flexibility index (Phi) is 7.08. The van der Waals surface area contributed by atoms with Gasteiger partial charge in [-0.15, -0.1) is 0 Å². The summed E-state index contributed by atoms with van der Waals surface area (Å²) in [5.41, 5.74) is 1.74. The van der Waals surface area contributed by atoms with Gasteiger partial charge in [-0.25, -0.2) is 28.7 Å². The first-order valence-corrected chi connectivity index (χ1v) is 12.6. The highest BCUT2D eigenvalue weighted by molar-refractivity contribution is 5.83. The first-order valence-electron chi connectivity index (χ1n) is 12.6. The fourth-order valence-corrected chi connectivity index (χ4v) is 5.06. The van der Waals surface area contributed by atoms with Crippen LogP contribution in [0.2, 0.25) is 0 Å². The van der Waals surface area contributed by atoms with Crippen molar-refractivity contribution in [2.24, 2.45) is 0 Å². The number of rotatable bonds is 7. The average molecular weight is 523 g/mol. The van der Waals surface area contributed by atoms with Gasteiger partial charge in [0, 0.05) is 42.5 Å². The number of aliphatic hydroxyl groups is 1. The number of likely N-dealkylation sites (N-methyl/N-ethyl adjacent to an activating group) is 1. The van der Waals surface area contributed by atoms with Gasteiger partial charge in [0.05, 0.1) is 11.7 Å². The normalized spacial score (nSPS) is 17.2. The number of likely N-dealkylation sites (tertiary alicyclic amines) is 1. The third-order valence-electron chi connectivity index (χ3n) is 7.05. The van der Waals surface area contributed by atoms with Crippen LogP contribution in [0, 0.1) is 18.6 Å². The number of hydrogen-bond acceptors (Lipinski definition) is 8. The molecule has 1 fully saturated rings. The quantitative estimate of drug-likeness (QED) is 0.368. The summed E-state index contributed by atoms with van der Waals surface area (Å²) in [4.78, 5) is 21.3. The number of imidazole rings is 1. The Morgan fingerprint density at radius 1 is 1.08 bits per heavy atom. The molecule has 4 heterocycles. The molecule has 0 spiro atoms. The Balaban J connectivity index is 1.37. The second kappa shape index (κ2) is 10.3. The van der Waals surface area contributed by atoms with E-state index in [1.54, 1.807) is 24.4 Å². The summed E-state index contributed by atoms with van der Waals surface area (Å²) < 4.78 is 31.7. The Labute approximate surface area is 220 Å². The molecule has 0 bridgehead atoms. The Bertz CT molecular complexity index is 1450. The Morgan fingerprint density at radius 3 is 2.53 bits per heavy atom. The number of nitrogens with one attached hydrogen (secondary N) is 1. The minimum atomic E-state index is -0.747. The molecule has 0 radical (unpaired) electrons. The van der Waals surface area contributed by atoms with E-state index in [1.165, 1.54) is 6.07 Å². The van der Waals surface area contributed by atoms with Crippen molar-refractivity contribution in [3.05, 3.63) is 59.7 Å². The van der Waals surface area contributed by atoms with E-state index < -0.39 is 17.9 Å². The van der Waals surface area contributed by atoms with Crippen molar-refractivity contribution in [2.45, 2.75) is 45.5 Å². The summed E-state index contributed by atoms with van der Waals surface area (Å²) in [5.74, 6) is 0.0113. The predicted molar refractivity (Wildman–Crippen MR) is 142 cm³/mol. The van der Waals surface area contributed by atoms with Gasteiger partial charge in [-0.1, -0.05) is 0 Å². The molecule has 200 valence electrons. The summed E-state index contributed by atoms with van der Waals surface area (Å²) in [6.07, 6.45) is 2.89. The third kappa shape index (κ3) is 4.96. The molecule has 2 atom stereocenters. The minimum Gasteiger partial charge on any atom is -0.374 e. The standard InChI is InChI=1S/C27H32F2N8O/c1-15(2)37-16(3)32-25-20(28)10-18(11-22(25)37)24-21(29)13-31-27(34-24)33-23-7-6-17(12-30-23)26(38)36-9-8-19(14-36)35(4)5/h6-7,10-13,15,19,26,38H,8-9,14H2,1-5H3,(H,30,31,33,34). The summed E-state index contributed by atoms with van der Waals surface area (Å²) in [5, 5.41) is 13.8. The van der Waals surface area contributed by atoms with Gasteiger partial charge < -0.3 is 19.9 Å². The monoisotopic (exact) mass is 522 g/mol. The largest absolute Gasteiger partial charge is 0.374 e. The molecule has 9 nitrogen and oxygen atoms in total. The van der Waals surface area contributed by atoms with Crippen LogP contribution in [0.5, 0.6) is 0 Å². The van der Waals surface area contributed by atoms with Gasteiger partial charge in [-0.05, 0) is 65.6 Å². The number of benzene rings is 1. The van der Waals surface area contributed by atoms with Crippen LogP contribution in [-0.2, 0) is 0 Å². The van der Waals surface area contributed by atoms with Gasteiger partial charge in [0.2, 0.25) is 5.95 Å². The van der Waals surface area contributed by atoms with Crippen LogP contribution in [0.1, 0.15) is 43.9 Å². The van der Waals surface area contributed by atoms with E-state index in [-0.39, 0.29) is 28.8 Å². The number of aromatic nitrogens is 5. The molecule has 5 rings (SSSR count). The van der Waals surface area contributed by atoms with Crippen molar-refractivity contribution >= 4 is 22.8 Å². The average Bonchev–Trinajstić information content (AvgIpc) is 3.50. The molecule has 0 saturated carbocycles. The molecule has 1 aliphatic heterocycles. The number of nitrogens with zero attached hydrogens (tertiary/aromatic N) is 7. The van der Waals surface area contributed by atoms with E-state index in [0.717, 1.165) is 25.7 Å². The van der Waals surface area contributed by atoms with Crippen molar-refractivity contribution in [3.8, 4) is 11.3 Å². The Morgan fingerprint density at radius 2 is 1.87 bits per heavy atom. The lowest BCUT2D eigenvalue weighted by Gasteiger charge is -2.24. The fraction of sp³-hybridized carbons (Fsp3) is 0.407. The van der Waals surface area contributed by atoms with E-state index in [4.69, 9.17) is 0 Å². The summed E-state index contributed by atoms with van der Waals surface area (Å²) in [6, 6.07) is 6.89. The maximum Gasteiger partial charge on any atom is 0.229 e. The van der Waals surface area contributed by atoms with Crippen molar-refractivity contribution in [1.29, 1.82) is 0 Å². The highest BCUT2D eigenvalue weighted by Crippen LogP contribution is 2.31. The van der Waals surface area contributed by atoms with Crippen molar-refractivity contribution < 1.29 is 13.9 Å². The van der Waals surface area contributed by atoms with Crippen LogP contribution in [0.3, 0.4) is 0 Å². The summed E-state index contributed by atoms with van der Waals surface area (Å²) in [7, 11) is 4.09. The van der Waals surface area contributed by atoms with E-state index in [9.17, 15) is 13.9 Å². The van der Waals surface area contributed by atoms with E-state index >= 15 is 0 Å². The Hall–Kier alpha value is -3.54. The van der Waals surface area contributed by atoms with Gasteiger partial charge in [0.1, 0.15) is 29.1 Å². The molecule has 4 aromatic rings. The topological polar surface area (TPSA) is 95.2 Å². The van der Waals surface area contributed by atoms with Gasteiger partial charge in [-0.3, -0.25) is 4.90 Å². The molecule has 0 amide bonds. The molecule has 11 heteroatoms. The molecule has 2 N–H and O–H groups in total. The highest BCUT2D eigenvalue weighted by Gasteiger charge is 2.29. The molecule has 1 saturated heterocycles. The molecule has 0 aliphatic carbocycles. The lowest BCUT2D eigenvalue weighted by Crippen LogP contribution is -2.33. The third-order valence-corrected chi connectivity index (χ3v) is 7.05. The van der Waals surface area contributed by atoms with E-state index in [1.807, 2.05) is 44.3 Å². The second-order valence-electron chi connectivity index (χ2n) is 10.2. The van der Waals surface area contributed by atoms with Crippen molar-refractivity contribution in [3.63, 3.8) is 0 Å². The van der Waals surface area contributed by atoms with Crippen molar-refractivity contribution in [2.75, 3.05) is 32.5 Å². The van der Waals surface area contributed by atoms with E-state index in [0.29, 0.717) is 28.8 Å². The summed E-state index contributed by atoms with van der Waals surface area (Å²) in [6.45, 7) is 7.36. The molecule has 1 aromatic carbocycles. The van der Waals surface area contributed by atoms with Crippen molar-refractivity contribution in [1.82, 2.24) is 34.3 Å². The predicted octanol–water partition coefficient (Wildman–Crippen LogP) is 4.43. The highest BCUT2D eigenvalue weighted by atomic mass is 19.1. The van der Waals surface area contributed by atoms with Crippen LogP contribution in [-0.4, -0.2) is 72.6 Å². The molecule has 3 aromatic heterocycles. The fourth-order valence-electron chi connectivity index (χ4n) is 5.06. The molecular formula is C27H32F2N8O. The van der Waals surface area contributed by atoms with Gasteiger partial charge in [-0.2, -0.15) is 0 Å². The van der Waals surface area contributed by atoms with Gasteiger partial charge in [0.15, 0.2) is 11.6 Å². The first kappa shape index (κ1) is 26.1. The number of aryl methyl sites for hydroxylation is 1. The van der Waals surface area contributed by atoms with Crippen LogP contribution < -0.4 is 5.32 Å². The van der Waals surface area contributed by atoms with Gasteiger partial charge in [0.25, 0.3) is 0 Å². The number of fused-ring (bicyclic) bond motifs is 1. The lowest BCUT2D eigenvalue weighted by molar-refractivity contribution is 0.0148. The maximum absolute atomic E-state index is 15.0. The number of halogens is 2. The number of hydrogen-bond donors (Lipinski definition) is 2. The molecular weight excluding hydrogens is 490 g/mol. The van der Waals surface area contributed by atoms with Crippen LogP contribution in [0.4, 0.5) is 20.5 Å². The van der Waals surface area contributed by atoms with E-state index in [2.05, 4.69) is 30.2 Å². The lowest BCUT2D eigenvalue weighted by atomic mass is 10.1. The van der Waals surface area contributed by atoms with Crippen LogP contribution >= 0.6 is 0 Å². The smallest absolute Gasteiger partial charge is 0.229 e. The van der Waals surface area contributed by atoms with Crippen LogP contribution in [0.25, 0.3) is 22.3 Å². The van der Waals surface area contributed by atoms with Gasteiger partial charge >= 0.3 is 0 Å². The first-order chi connectivity index (χ1) is 18.1.